The summed E-state index contributed by atoms with van der Waals surface area (Å²) >= 11 is 0. The number of nitrogens with two attached hydrogens (primary N) is 1. The lowest BCUT2D eigenvalue weighted by molar-refractivity contribution is -0.158. The van der Waals surface area contributed by atoms with Crippen molar-refractivity contribution in [3.8, 4) is 0 Å². The Balaban J connectivity index is 1.87. The molecule has 1 aromatic carbocycles. The number of esters is 1. The molecule has 7 nitrogen and oxygen atoms in total. The third-order valence-corrected chi connectivity index (χ3v) is 5.49. The Kier molecular flexibility index (Phi) is 5.15. The maximum absolute atomic E-state index is 12.9. The molecule has 26 heavy (non-hydrogen) atoms. The second-order valence-corrected chi connectivity index (χ2v) is 7.01. The predicted molar refractivity (Wildman–Crippen MR) is 95.1 cm³/mol. The lowest BCUT2D eigenvalue weighted by Crippen LogP contribution is -2.49. The van der Waals surface area contributed by atoms with E-state index in [2.05, 4.69) is 5.32 Å². The standard InChI is InChI=1S/C19H25N3O4/c1-2-26-17(24)19(10-13-6-4-3-5-7-13)11-14-8-9-15(19)22(14)16(23)12-21-18(20)25/h3-7,14-15H,2,8-12H2,1H3,(H3,20,21,25)/t14-,15+,19+/m1/s1. The smallest absolute Gasteiger partial charge is 0.314 e. The number of carbonyl (C=O) groups excluding carboxylic acids is 3. The fourth-order valence-electron chi connectivity index (χ4n) is 4.53. The van der Waals surface area contributed by atoms with Crippen LogP contribution in [0.25, 0.3) is 0 Å². The van der Waals surface area contributed by atoms with E-state index in [0.29, 0.717) is 19.4 Å². The van der Waals surface area contributed by atoms with Crippen LogP contribution >= 0.6 is 0 Å². The van der Waals surface area contributed by atoms with Crippen molar-refractivity contribution in [1.82, 2.24) is 10.2 Å². The summed E-state index contributed by atoms with van der Waals surface area (Å²) in [5.41, 5.74) is 5.39. The zero-order valence-electron chi connectivity index (χ0n) is 14.9. The summed E-state index contributed by atoms with van der Waals surface area (Å²) < 4.78 is 5.41. The molecule has 0 unspecified atom stereocenters. The van der Waals surface area contributed by atoms with Crippen LogP contribution in [0.3, 0.4) is 0 Å². The Morgan fingerprint density at radius 1 is 1.27 bits per heavy atom. The second-order valence-electron chi connectivity index (χ2n) is 7.01. The number of rotatable bonds is 6. The van der Waals surface area contributed by atoms with Gasteiger partial charge in [0.05, 0.1) is 18.6 Å². The third-order valence-electron chi connectivity index (χ3n) is 5.49. The van der Waals surface area contributed by atoms with E-state index in [1.54, 1.807) is 11.8 Å². The molecule has 1 aromatic rings. The predicted octanol–water partition coefficient (Wildman–Crippen LogP) is 1.21. The van der Waals surface area contributed by atoms with Crippen LogP contribution in [0, 0.1) is 5.41 Å². The van der Waals surface area contributed by atoms with Gasteiger partial charge >= 0.3 is 12.0 Å². The van der Waals surface area contributed by atoms with E-state index >= 15 is 0 Å². The molecule has 2 saturated heterocycles. The molecule has 2 heterocycles. The molecule has 3 amide bonds. The molecular weight excluding hydrogens is 334 g/mol. The van der Waals surface area contributed by atoms with Crippen LogP contribution in [-0.4, -0.2) is 48.0 Å². The summed E-state index contributed by atoms with van der Waals surface area (Å²) in [5.74, 6) is -0.438. The summed E-state index contributed by atoms with van der Waals surface area (Å²) in [4.78, 5) is 38.3. The van der Waals surface area contributed by atoms with Gasteiger partial charge in [-0.3, -0.25) is 9.59 Å². The van der Waals surface area contributed by atoms with Gasteiger partial charge in [0.2, 0.25) is 5.91 Å². The number of carbonyl (C=O) groups is 3. The van der Waals surface area contributed by atoms with Gasteiger partial charge in [0.25, 0.3) is 0 Å². The largest absolute Gasteiger partial charge is 0.465 e. The van der Waals surface area contributed by atoms with Crippen molar-refractivity contribution in [3.05, 3.63) is 35.9 Å². The average molecular weight is 359 g/mol. The Bertz CT molecular complexity index is 693. The van der Waals surface area contributed by atoms with Gasteiger partial charge in [-0.15, -0.1) is 0 Å². The van der Waals surface area contributed by atoms with Crippen LogP contribution in [0.5, 0.6) is 0 Å². The summed E-state index contributed by atoms with van der Waals surface area (Å²) in [6.07, 6.45) is 2.76. The lowest BCUT2D eigenvalue weighted by atomic mass is 9.70. The fourth-order valence-corrected chi connectivity index (χ4v) is 4.53. The highest BCUT2D eigenvalue weighted by atomic mass is 16.5. The van der Waals surface area contributed by atoms with Gasteiger partial charge in [-0.05, 0) is 38.2 Å². The van der Waals surface area contributed by atoms with E-state index in [1.165, 1.54) is 0 Å². The SMILES string of the molecule is CCOC(=O)[C@@]1(Cc2ccccc2)C[C@H]2CC[C@@H]1N2C(=O)CNC(N)=O. The van der Waals surface area contributed by atoms with Crippen molar-refractivity contribution in [2.75, 3.05) is 13.2 Å². The number of primary amides is 1. The minimum Gasteiger partial charge on any atom is -0.465 e. The summed E-state index contributed by atoms with van der Waals surface area (Å²) in [7, 11) is 0. The topological polar surface area (TPSA) is 102 Å². The zero-order chi connectivity index (χ0) is 18.7. The number of hydrogen-bond donors (Lipinski definition) is 2. The van der Waals surface area contributed by atoms with Crippen molar-refractivity contribution < 1.29 is 19.1 Å². The highest BCUT2D eigenvalue weighted by Crippen LogP contribution is 2.52. The number of nitrogens with zero attached hydrogens (tertiary/aromatic N) is 1. The second kappa shape index (κ2) is 7.35. The number of urea groups is 1. The van der Waals surface area contributed by atoms with Gasteiger partial charge < -0.3 is 20.7 Å². The molecule has 3 atom stereocenters. The number of ether oxygens (including phenoxy) is 1. The first-order chi connectivity index (χ1) is 12.5. The van der Waals surface area contributed by atoms with E-state index in [-0.39, 0.29) is 30.5 Å². The van der Waals surface area contributed by atoms with Gasteiger partial charge in [0.1, 0.15) is 0 Å². The number of fused-ring (bicyclic) bond motifs is 2. The highest BCUT2D eigenvalue weighted by Gasteiger charge is 2.61. The molecule has 2 fully saturated rings. The van der Waals surface area contributed by atoms with Crippen molar-refractivity contribution in [1.29, 1.82) is 0 Å². The van der Waals surface area contributed by atoms with Gasteiger partial charge in [-0.1, -0.05) is 30.3 Å². The van der Waals surface area contributed by atoms with Crippen LogP contribution in [-0.2, 0) is 20.7 Å². The van der Waals surface area contributed by atoms with Crippen molar-refractivity contribution in [2.24, 2.45) is 11.1 Å². The molecule has 7 heteroatoms. The van der Waals surface area contributed by atoms with Crippen LogP contribution in [0.2, 0.25) is 0 Å². The first-order valence-corrected chi connectivity index (χ1v) is 9.03. The molecule has 0 aliphatic carbocycles. The van der Waals surface area contributed by atoms with Crippen molar-refractivity contribution in [3.63, 3.8) is 0 Å². The van der Waals surface area contributed by atoms with E-state index in [0.717, 1.165) is 18.4 Å². The average Bonchev–Trinajstić information content (AvgIpc) is 3.17. The molecule has 0 spiro atoms. The molecule has 0 radical (unpaired) electrons. The summed E-state index contributed by atoms with van der Waals surface area (Å²) in [6, 6.07) is 8.87. The molecule has 2 aliphatic rings. The van der Waals surface area contributed by atoms with E-state index in [9.17, 15) is 14.4 Å². The highest BCUT2D eigenvalue weighted by molar-refractivity contribution is 5.87. The molecule has 0 saturated carbocycles. The molecule has 2 aliphatic heterocycles. The fraction of sp³-hybridized carbons (Fsp3) is 0.526. The maximum atomic E-state index is 12.9. The number of benzene rings is 1. The van der Waals surface area contributed by atoms with E-state index in [4.69, 9.17) is 10.5 Å². The van der Waals surface area contributed by atoms with Gasteiger partial charge in [0, 0.05) is 12.1 Å². The quantitative estimate of drug-likeness (QED) is 0.745. The number of nitrogens with one attached hydrogen (secondary N) is 1. The molecule has 0 aromatic heterocycles. The molecule has 3 N–H and O–H groups in total. The minimum atomic E-state index is -0.733. The van der Waals surface area contributed by atoms with Crippen LogP contribution in [0.1, 0.15) is 31.7 Å². The first kappa shape index (κ1) is 18.2. The van der Waals surface area contributed by atoms with Gasteiger partial charge in [0.15, 0.2) is 0 Å². The van der Waals surface area contributed by atoms with Gasteiger partial charge in [-0.25, -0.2) is 4.79 Å². The minimum absolute atomic E-state index is 0.00436. The third kappa shape index (κ3) is 3.25. The lowest BCUT2D eigenvalue weighted by Gasteiger charge is -2.35. The Morgan fingerprint density at radius 3 is 2.65 bits per heavy atom. The van der Waals surface area contributed by atoms with Crippen molar-refractivity contribution in [2.45, 2.75) is 44.7 Å². The zero-order valence-corrected chi connectivity index (χ0v) is 14.9. The summed E-state index contributed by atoms with van der Waals surface area (Å²) in [6.45, 7) is 1.96. The Morgan fingerprint density at radius 2 is 2.00 bits per heavy atom. The monoisotopic (exact) mass is 359 g/mol. The molecule has 3 rings (SSSR count). The molecule has 2 bridgehead atoms. The maximum Gasteiger partial charge on any atom is 0.314 e. The normalized spacial score (nSPS) is 26.6. The Hall–Kier alpha value is -2.57. The Labute approximate surface area is 152 Å². The van der Waals surface area contributed by atoms with Gasteiger partial charge in [-0.2, -0.15) is 0 Å². The first-order valence-electron chi connectivity index (χ1n) is 9.03. The number of amides is 3. The molecule has 140 valence electrons. The van der Waals surface area contributed by atoms with Crippen LogP contribution < -0.4 is 11.1 Å². The summed E-state index contributed by atoms with van der Waals surface area (Å²) in [5, 5.41) is 2.35. The van der Waals surface area contributed by atoms with Crippen LogP contribution in [0.15, 0.2) is 30.3 Å². The van der Waals surface area contributed by atoms with E-state index in [1.807, 2.05) is 30.3 Å². The van der Waals surface area contributed by atoms with E-state index < -0.39 is 11.4 Å². The van der Waals surface area contributed by atoms with Crippen LogP contribution in [0.4, 0.5) is 4.79 Å². The van der Waals surface area contributed by atoms with Crippen molar-refractivity contribution >= 4 is 17.9 Å². The molecular formula is C19H25N3O4. The number of hydrogen-bond acceptors (Lipinski definition) is 4.